The lowest BCUT2D eigenvalue weighted by Gasteiger charge is -2.14. The zero-order valence-corrected chi connectivity index (χ0v) is 17.9. The first-order chi connectivity index (χ1) is 15.0. The van der Waals surface area contributed by atoms with Crippen LogP contribution in [0.3, 0.4) is 0 Å². The molecule has 1 fully saturated rings. The standard InChI is InChI=1S/C24H25N3O3S/c28-24(20-10-8-19(9-11-20)18-27-16-4-5-17-27)25-21-12-14-23(15-13-21)31(29,30)26-22-6-2-1-3-7-22/h1-3,6-15,26H,4-5,16-18H2,(H,25,28). The van der Waals surface area contributed by atoms with Gasteiger partial charge in [0, 0.05) is 23.5 Å². The molecule has 0 spiro atoms. The number of anilines is 2. The van der Waals surface area contributed by atoms with Crippen LogP contribution in [0.25, 0.3) is 0 Å². The molecule has 2 N–H and O–H groups in total. The van der Waals surface area contributed by atoms with Crippen molar-refractivity contribution in [3.05, 3.63) is 90.0 Å². The number of nitrogens with one attached hydrogen (secondary N) is 2. The summed E-state index contributed by atoms with van der Waals surface area (Å²) in [5.74, 6) is -0.231. The molecule has 3 aromatic carbocycles. The van der Waals surface area contributed by atoms with Crippen LogP contribution in [0.2, 0.25) is 0 Å². The first-order valence-electron chi connectivity index (χ1n) is 10.3. The molecule has 160 valence electrons. The smallest absolute Gasteiger partial charge is 0.261 e. The van der Waals surface area contributed by atoms with E-state index in [1.54, 1.807) is 36.4 Å². The lowest BCUT2D eigenvalue weighted by molar-refractivity contribution is 0.102. The van der Waals surface area contributed by atoms with Crippen molar-refractivity contribution in [3.63, 3.8) is 0 Å². The highest BCUT2D eigenvalue weighted by Gasteiger charge is 2.15. The Morgan fingerprint density at radius 1 is 0.806 bits per heavy atom. The van der Waals surface area contributed by atoms with Gasteiger partial charge in [-0.2, -0.15) is 0 Å². The zero-order chi connectivity index (χ0) is 21.7. The third-order valence-electron chi connectivity index (χ3n) is 5.27. The number of nitrogens with zero attached hydrogens (tertiary/aromatic N) is 1. The van der Waals surface area contributed by atoms with Crippen molar-refractivity contribution >= 4 is 27.3 Å². The SMILES string of the molecule is O=C(Nc1ccc(S(=O)(=O)Nc2ccccc2)cc1)c1ccc(CN2CCCC2)cc1. The summed E-state index contributed by atoms with van der Waals surface area (Å²) in [6.45, 7) is 3.18. The number of carbonyl (C=O) groups is 1. The van der Waals surface area contributed by atoms with Gasteiger partial charge in [-0.3, -0.25) is 14.4 Å². The monoisotopic (exact) mass is 435 g/mol. The van der Waals surface area contributed by atoms with Crippen molar-refractivity contribution in [3.8, 4) is 0 Å². The van der Waals surface area contributed by atoms with E-state index >= 15 is 0 Å². The second-order valence-corrected chi connectivity index (χ2v) is 9.31. The van der Waals surface area contributed by atoms with E-state index in [1.165, 1.54) is 30.5 Å². The molecule has 6 nitrogen and oxygen atoms in total. The summed E-state index contributed by atoms with van der Waals surface area (Å²) in [6.07, 6.45) is 2.51. The second-order valence-electron chi connectivity index (χ2n) is 7.63. The molecular formula is C24H25N3O3S. The minimum absolute atomic E-state index is 0.126. The van der Waals surface area contributed by atoms with Crippen molar-refractivity contribution in [2.75, 3.05) is 23.1 Å². The number of benzene rings is 3. The number of hydrogen-bond donors (Lipinski definition) is 2. The number of carbonyl (C=O) groups excluding carboxylic acids is 1. The molecule has 1 aliphatic rings. The largest absolute Gasteiger partial charge is 0.322 e. The summed E-state index contributed by atoms with van der Waals surface area (Å²) >= 11 is 0. The molecule has 1 saturated heterocycles. The van der Waals surface area contributed by atoms with Crippen molar-refractivity contribution in [2.24, 2.45) is 0 Å². The van der Waals surface area contributed by atoms with Gasteiger partial charge >= 0.3 is 0 Å². The molecule has 7 heteroatoms. The van der Waals surface area contributed by atoms with Crippen LogP contribution in [0.15, 0.2) is 83.8 Å². The van der Waals surface area contributed by atoms with Gasteiger partial charge in [-0.05, 0) is 80.0 Å². The van der Waals surface area contributed by atoms with Crippen molar-refractivity contribution < 1.29 is 13.2 Å². The van der Waals surface area contributed by atoms with Gasteiger partial charge in [-0.1, -0.05) is 30.3 Å². The molecule has 4 rings (SSSR count). The topological polar surface area (TPSA) is 78.5 Å². The maximum absolute atomic E-state index is 12.5. The van der Waals surface area contributed by atoms with Gasteiger partial charge < -0.3 is 5.32 Å². The van der Waals surface area contributed by atoms with Crippen molar-refractivity contribution in [1.29, 1.82) is 0 Å². The van der Waals surface area contributed by atoms with Gasteiger partial charge in [0.15, 0.2) is 0 Å². The molecule has 1 aliphatic heterocycles. The molecule has 1 amide bonds. The first kappa shape index (κ1) is 21.1. The third kappa shape index (κ3) is 5.51. The minimum Gasteiger partial charge on any atom is -0.322 e. The molecule has 0 radical (unpaired) electrons. The highest BCUT2D eigenvalue weighted by atomic mass is 32.2. The summed E-state index contributed by atoms with van der Waals surface area (Å²) in [5, 5.41) is 2.81. The van der Waals surface area contributed by atoms with Gasteiger partial charge in [0.05, 0.1) is 4.90 Å². The average Bonchev–Trinajstić information content (AvgIpc) is 3.28. The fourth-order valence-corrected chi connectivity index (χ4v) is 4.66. The van der Waals surface area contributed by atoms with Gasteiger partial charge in [-0.25, -0.2) is 8.42 Å². The summed E-state index contributed by atoms with van der Waals surface area (Å²) in [6, 6.07) is 22.4. The summed E-state index contributed by atoms with van der Waals surface area (Å²) in [5.41, 5.74) is 2.78. The van der Waals surface area contributed by atoms with Crippen LogP contribution < -0.4 is 10.0 Å². The Morgan fingerprint density at radius 2 is 1.45 bits per heavy atom. The van der Waals surface area contributed by atoms with E-state index in [0.717, 1.165) is 19.6 Å². The first-order valence-corrected chi connectivity index (χ1v) is 11.8. The Morgan fingerprint density at radius 3 is 2.10 bits per heavy atom. The fourth-order valence-electron chi connectivity index (χ4n) is 3.60. The molecule has 0 aromatic heterocycles. The maximum atomic E-state index is 12.5. The lowest BCUT2D eigenvalue weighted by atomic mass is 10.1. The molecule has 0 bridgehead atoms. The summed E-state index contributed by atoms with van der Waals surface area (Å²) in [4.78, 5) is 15.1. The van der Waals surface area contributed by atoms with E-state index in [2.05, 4.69) is 14.9 Å². The second kappa shape index (κ2) is 9.32. The minimum atomic E-state index is -3.69. The summed E-state index contributed by atoms with van der Waals surface area (Å²) < 4.78 is 27.6. The van der Waals surface area contributed by atoms with Crippen LogP contribution in [-0.2, 0) is 16.6 Å². The average molecular weight is 436 g/mol. The lowest BCUT2D eigenvalue weighted by Crippen LogP contribution is -2.18. The summed E-state index contributed by atoms with van der Waals surface area (Å²) in [7, 11) is -3.69. The highest BCUT2D eigenvalue weighted by molar-refractivity contribution is 7.92. The number of sulfonamides is 1. The van der Waals surface area contributed by atoms with E-state index < -0.39 is 10.0 Å². The Balaban J connectivity index is 1.37. The van der Waals surface area contributed by atoms with Crippen LogP contribution in [0, 0.1) is 0 Å². The number of rotatable bonds is 7. The zero-order valence-electron chi connectivity index (χ0n) is 17.1. The number of amides is 1. The van der Waals surface area contributed by atoms with Gasteiger partial charge in [0.1, 0.15) is 0 Å². The van der Waals surface area contributed by atoms with Crippen LogP contribution in [-0.4, -0.2) is 32.3 Å². The van der Waals surface area contributed by atoms with Gasteiger partial charge in [0.25, 0.3) is 15.9 Å². The molecule has 31 heavy (non-hydrogen) atoms. The molecule has 0 unspecified atom stereocenters. The van der Waals surface area contributed by atoms with Crippen LogP contribution >= 0.6 is 0 Å². The van der Waals surface area contributed by atoms with Crippen LogP contribution in [0.1, 0.15) is 28.8 Å². The fraction of sp³-hybridized carbons (Fsp3) is 0.208. The molecule has 1 heterocycles. The van der Waals surface area contributed by atoms with Crippen molar-refractivity contribution in [1.82, 2.24) is 4.90 Å². The predicted molar refractivity (Wildman–Crippen MR) is 123 cm³/mol. The third-order valence-corrected chi connectivity index (χ3v) is 6.67. The Hall–Kier alpha value is -3.16. The number of likely N-dealkylation sites (tertiary alicyclic amines) is 1. The van der Waals surface area contributed by atoms with Crippen LogP contribution in [0.5, 0.6) is 0 Å². The normalized spacial score (nSPS) is 14.3. The van der Waals surface area contributed by atoms with E-state index in [-0.39, 0.29) is 10.8 Å². The molecular weight excluding hydrogens is 410 g/mol. The van der Waals surface area contributed by atoms with E-state index in [4.69, 9.17) is 0 Å². The van der Waals surface area contributed by atoms with Crippen LogP contribution in [0.4, 0.5) is 11.4 Å². The van der Waals surface area contributed by atoms with Gasteiger partial charge in [-0.15, -0.1) is 0 Å². The number of hydrogen-bond acceptors (Lipinski definition) is 4. The molecule has 0 saturated carbocycles. The van der Waals surface area contributed by atoms with E-state index in [1.807, 2.05) is 30.3 Å². The van der Waals surface area contributed by atoms with Gasteiger partial charge in [0.2, 0.25) is 0 Å². The number of para-hydroxylation sites is 1. The van der Waals surface area contributed by atoms with Crippen molar-refractivity contribution in [2.45, 2.75) is 24.3 Å². The maximum Gasteiger partial charge on any atom is 0.261 e. The Kier molecular flexibility index (Phi) is 6.34. The molecule has 0 atom stereocenters. The quantitative estimate of drug-likeness (QED) is 0.579. The predicted octanol–water partition coefficient (Wildman–Crippen LogP) is 4.34. The highest BCUT2D eigenvalue weighted by Crippen LogP contribution is 2.19. The Labute approximate surface area is 183 Å². The molecule has 0 aliphatic carbocycles. The Bertz CT molecular complexity index is 1120. The molecule has 3 aromatic rings. The van der Waals surface area contributed by atoms with E-state index in [9.17, 15) is 13.2 Å². The van der Waals surface area contributed by atoms with E-state index in [0.29, 0.717) is 16.9 Å².